The number of benzene rings is 1. The molecule has 1 saturated heterocycles. The molecule has 1 N–H and O–H groups in total. The third kappa shape index (κ3) is 4.78. The second-order valence-electron chi connectivity index (χ2n) is 7.12. The molecule has 148 valence electrons. The summed E-state index contributed by atoms with van der Waals surface area (Å²) in [5.74, 6) is 0.611. The van der Waals surface area contributed by atoms with Crippen molar-refractivity contribution in [1.82, 2.24) is 9.88 Å². The van der Waals surface area contributed by atoms with E-state index in [0.29, 0.717) is 17.1 Å². The van der Waals surface area contributed by atoms with Gasteiger partial charge in [-0.15, -0.1) is 0 Å². The van der Waals surface area contributed by atoms with Crippen molar-refractivity contribution in [3.05, 3.63) is 84.1 Å². The molecule has 1 aliphatic heterocycles. The molecule has 1 fully saturated rings. The van der Waals surface area contributed by atoms with E-state index in [4.69, 9.17) is 4.42 Å². The van der Waals surface area contributed by atoms with Gasteiger partial charge in [0.1, 0.15) is 23.9 Å². The van der Waals surface area contributed by atoms with Crippen LogP contribution in [-0.2, 0) is 11.3 Å². The first-order chi connectivity index (χ1) is 14.2. The van der Waals surface area contributed by atoms with Crippen molar-refractivity contribution in [1.29, 1.82) is 0 Å². The van der Waals surface area contributed by atoms with Gasteiger partial charge in [0.15, 0.2) is 0 Å². The maximum absolute atomic E-state index is 13.9. The molecule has 5 nitrogen and oxygen atoms in total. The highest BCUT2D eigenvalue weighted by Gasteiger charge is 2.22. The second kappa shape index (κ2) is 8.84. The van der Waals surface area contributed by atoms with Gasteiger partial charge >= 0.3 is 0 Å². The van der Waals surface area contributed by atoms with Gasteiger partial charge in [-0.1, -0.05) is 12.1 Å². The normalized spacial score (nSPS) is 15.1. The van der Waals surface area contributed by atoms with Crippen molar-refractivity contribution in [3.63, 3.8) is 0 Å². The molecule has 1 amide bonds. The summed E-state index contributed by atoms with van der Waals surface area (Å²) in [7, 11) is 0. The van der Waals surface area contributed by atoms with Crippen LogP contribution >= 0.6 is 0 Å². The number of amides is 1. The predicted octanol–water partition coefficient (Wildman–Crippen LogP) is 2.42. The van der Waals surface area contributed by atoms with Gasteiger partial charge in [-0.05, 0) is 42.5 Å². The minimum absolute atomic E-state index is 0.0307. The summed E-state index contributed by atoms with van der Waals surface area (Å²) in [5.41, 5.74) is 1.67. The number of piperazine rings is 1. The van der Waals surface area contributed by atoms with E-state index in [0.717, 1.165) is 32.7 Å². The van der Waals surface area contributed by atoms with Crippen LogP contribution in [0.1, 0.15) is 11.3 Å². The Bertz CT molecular complexity index is 992. The summed E-state index contributed by atoms with van der Waals surface area (Å²) in [4.78, 5) is 19.9. The van der Waals surface area contributed by atoms with Gasteiger partial charge in [0.05, 0.1) is 31.7 Å². The van der Waals surface area contributed by atoms with Crippen LogP contribution in [0.3, 0.4) is 0 Å². The minimum atomic E-state index is -0.333. The molecule has 0 atom stereocenters. The zero-order valence-electron chi connectivity index (χ0n) is 16.1. The number of hydrogen-bond acceptors (Lipinski definition) is 3. The lowest BCUT2D eigenvalue weighted by Gasteiger charge is -2.31. The predicted molar refractivity (Wildman–Crippen MR) is 108 cm³/mol. The Morgan fingerprint density at radius 3 is 2.62 bits per heavy atom. The molecule has 4 rings (SSSR count). The zero-order chi connectivity index (χ0) is 20.1. The van der Waals surface area contributed by atoms with E-state index >= 15 is 0 Å². The number of nitrogens with zero attached hydrogens (tertiary/aromatic N) is 2. The third-order valence-corrected chi connectivity index (χ3v) is 5.14. The lowest BCUT2D eigenvalue weighted by atomic mass is 10.1. The van der Waals surface area contributed by atoms with E-state index in [1.165, 1.54) is 22.6 Å². The number of halogens is 1. The summed E-state index contributed by atoms with van der Waals surface area (Å²) in [6, 6.07) is 14.0. The fraction of sp³-hybridized carbons (Fsp3) is 0.217. The number of aromatic nitrogens is 1. The summed E-state index contributed by atoms with van der Waals surface area (Å²) >= 11 is 0. The summed E-state index contributed by atoms with van der Waals surface area (Å²) in [5, 5.41) is 0. The zero-order valence-corrected chi connectivity index (χ0v) is 16.1. The van der Waals surface area contributed by atoms with Crippen LogP contribution in [-0.4, -0.2) is 42.0 Å². The molecular weight excluding hydrogens is 369 g/mol. The molecule has 3 heterocycles. The number of quaternary nitrogens is 1. The van der Waals surface area contributed by atoms with Crippen molar-refractivity contribution < 1.29 is 18.5 Å². The Kier molecular flexibility index (Phi) is 5.81. The molecule has 1 aliphatic rings. The highest BCUT2D eigenvalue weighted by atomic mass is 19.1. The first kappa shape index (κ1) is 19.1. The van der Waals surface area contributed by atoms with Gasteiger partial charge in [-0.25, -0.2) is 4.39 Å². The molecule has 0 unspecified atom stereocenters. The number of carbonyl (C=O) groups excluding carboxylic acids is 1. The first-order valence-electron chi connectivity index (χ1n) is 9.73. The monoisotopic (exact) mass is 392 g/mol. The topological polar surface area (TPSA) is 50.8 Å². The van der Waals surface area contributed by atoms with Crippen molar-refractivity contribution in [2.45, 2.75) is 6.54 Å². The van der Waals surface area contributed by atoms with E-state index in [1.54, 1.807) is 36.4 Å². The van der Waals surface area contributed by atoms with Gasteiger partial charge in [-0.3, -0.25) is 9.78 Å². The third-order valence-electron chi connectivity index (χ3n) is 5.14. The molecule has 3 aromatic rings. The first-order valence-corrected chi connectivity index (χ1v) is 9.73. The number of hydrogen-bond donors (Lipinski definition) is 1. The number of rotatable bonds is 5. The molecule has 0 saturated carbocycles. The summed E-state index contributed by atoms with van der Waals surface area (Å²) < 4.78 is 19.5. The lowest BCUT2D eigenvalue weighted by molar-refractivity contribution is -0.917. The standard InChI is InChI=1S/C23H22FN3O2/c24-21-4-2-1-3-20(21)22-7-5-19(29-22)6-8-23(28)27-15-13-26(14-16-27)17-18-9-11-25-12-10-18/h1-12H,13-17H2/p+1/b8-6+. The molecule has 29 heavy (non-hydrogen) atoms. The van der Waals surface area contributed by atoms with Crippen LogP contribution in [0.2, 0.25) is 0 Å². The molecular formula is C23H23FN3O2+. The van der Waals surface area contributed by atoms with Crippen molar-refractivity contribution >= 4 is 12.0 Å². The molecule has 0 spiro atoms. The van der Waals surface area contributed by atoms with Gasteiger partial charge < -0.3 is 14.2 Å². The number of furan rings is 1. The van der Waals surface area contributed by atoms with Crippen molar-refractivity contribution in [3.8, 4) is 11.3 Å². The van der Waals surface area contributed by atoms with E-state index in [2.05, 4.69) is 4.98 Å². The van der Waals surface area contributed by atoms with Gasteiger partial charge in [0.2, 0.25) is 5.91 Å². The molecule has 0 radical (unpaired) electrons. The Labute approximate surface area is 169 Å². The van der Waals surface area contributed by atoms with Gasteiger partial charge in [0.25, 0.3) is 0 Å². The summed E-state index contributed by atoms with van der Waals surface area (Å²) in [6.07, 6.45) is 6.79. The summed E-state index contributed by atoms with van der Waals surface area (Å²) in [6.45, 7) is 4.23. The molecule has 1 aromatic carbocycles. The second-order valence-corrected chi connectivity index (χ2v) is 7.12. The van der Waals surface area contributed by atoms with Crippen LogP contribution < -0.4 is 4.90 Å². The quantitative estimate of drug-likeness (QED) is 0.679. The average molecular weight is 392 g/mol. The van der Waals surface area contributed by atoms with Crippen LogP contribution in [0.4, 0.5) is 4.39 Å². The Hall–Kier alpha value is -3.25. The van der Waals surface area contributed by atoms with Crippen LogP contribution in [0, 0.1) is 5.82 Å². The maximum Gasteiger partial charge on any atom is 0.247 e. The lowest BCUT2D eigenvalue weighted by Crippen LogP contribution is -3.13. The SMILES string of the molecule is O=C(/C=C/c1ccc(-c2ccccc2F)o1)N1CC[NH+](Cc2ccncc2)CC1. The smallest absolute Gasteiger partial charge is 0.247 e. The van der Waals surface area contributed by atoms with E-state index in [1.807, 2.05) is 29.4 Å². The van der Waals surface area contributed by atoms with Crippen molar-refractivity contribution in [2.24, 2.45) is 0 Å². The van der Waals surface area contributed by atoms with Crippen molar-refractivity contribution in [2.75, 3.05) is 26.2 Å². The highest BCUT2D eigenvalue weighted by molar-refractivity contribution is 5.91. The van der Waals surface area contributed by atoms with Crippen LogP contribution in [0.25, 0.3) is 17.4 Å². The van der Waals surface area contributed by atoms with Gasteiger partial charge in [0, 0.05) is 24.0 Å². The number of nitrogens with one attached hydrogen (secondary N) is 1. The van der Waals surface area contributed by atoms with Crippen LogP contribution in [0.15, 0.2) is 71.4 Å². The molecule has 2 aromatic heterocycles. The van der Waals surface area contributed by atoms with Crippen LogP contribution in [0.5, 0.6) is 0 Å². The average Bonchev–Trinajstić information content (AvgIpc) is 3.22. The van der Waals surface area contributed by atoms with E-state index in [-0.39, 0.29) is 11.7 Å². The Morgan fingerprint density at radius 1 is 1.10 bits per heavy atom. The fourth-order valence-corrected chi connectivity index (χ4v) is 3.52. The number of carbonyl (C=O) groups is 1. The fourth-order valence-electron chi connectivity index (χ4n) is 3.52. The molecule has 6 heteroatoms. The van der Waals surface area contributed by atoms with Gasteiger partial charge in [-0.2, -0.15) is 0 Å². The van der Waals surface area contributed by atoms with E-state index in [9.17, 15) is 9.18 Å². The van der Waals surface area contributed by atoms with E-state index < -0.39 is 0 Å². The number of pyridine rings is 1. The highest BCUT2D eigenvalue weighted by Crippen LogP contribution is 2.25. The molecule has 0 aliphatic carbocycles. The minimum Gasteiger partial charge on any atom is -0.457 e. The maximum atomic E-state index is 13.9. The Balaban J connectivity index is 1.31. The largest absolute Gasteiger partial charge is 0.457 e. The Morgan fingerprint density at radius 2 is 1.86 bits per heavy atom. The molecule has 0 bridgehead atoms.